The molecular weight excluding hydrogens is 455 g/mol. The smallest absolute Gasteiger partial charge is 0.465 e. The summed E-state index contributed by atoms with van der Waals surface area (Å²) in [5, 5.41) is 6.57. The second-order valence-electron chi connectivity index (χ2n) is 9.70. The zero-order valence-corrected chi connectivity index (χ0v) is 22.1. The lowest BCUT2D eigenvalue weighted by Crippen LogP contribution is -2.41. The molecule has 1 aromatic carbocycles. The fraction of sp³-hybridized carbons (Fsp3) is 0.370. The summed E-state index contributed by atoms with van der Waals surface area (Å²) >= 11 is 0. The topological polar surface area (TPSA) is 94.6 Å². The predicted octanol–water partition coefficient (Wildman–Crippen LogP) is 4.71. The number of ether oxygens (including phenoxy) is 1. The van der Waals surface area contributed by atoms with Gasteiger partial charge in [0.25, 0.3) is 0 Å². The summed E-state index contributed by atoms with van der Waals surface area (Å²) < 4.78 is 17.3. The van der Waals surface area contributed by atoms with Gasteiger partial charge in [0, 0.05) is 23.5 Å². The number of carbonyl (C=O) groups is 1. The molecule has 1 aliphatic rings. The Kier molecular flexibility index (Phi) is 8.06. The Hall–Kier alpha value is -3.43. The molecule has 0 amide bonds. The maximum absolute atomic E-state index is 12.7. The predicted molar refractivity (Wildman–Crippen MR) is 145 cm³/mol. The lowest BCUT2D eigenvalue weighted by molar-refractivity contribution is 0.00578. The van der Waals surface area contributed by atoms with E-state index >= 15 is 0 Å². The van der Waals surface area contributed by atoms with E-state index in [0.29, 0.717) is 28.5 Å². The molecule has 1 unspecified atom stereocenters. The molecule has 190 valence electrons. The Bertz CT molecular complexity index is 1180. The molecular formula is C27H35BN4O4. The molecule has 1 aliphatic heterocycles. The molecule has 3 rings (SSSR count). The number of benzene rings is 1. The Labute approximate surface area is 214 Å². The highest BCUT2D eigenvalue weighted by atomic mass is 16.7. The first-order valence-electron chi connectivity index (χ1n) is 11.8. The van der Waals surface area contributed by atoms with Crippen LogP contribution in [0.25, 0.3) is 0 Å². The molecule has 0 aliphatic carbocycles. The first kappa shape index (κ1) is 27.2. The van der Waals surface area contributed by atoms with Crippen LogP contribution in [0.5, 0.6) is 0 Å². The average Bonchev–Trinajstić information content (AvgIpc) is 3.05. The van der Waals surface area contributed by atoms with Gasteiger partial charge in [-0.25, -0.2) is 9.78 Å². The number of carbonyl (C=O) groups excluding carboxylic acids is 1. The molecule has 0 bridgehead atoms. The van der Waals surface area contributed by atoms with Crippen molar-refractivity contribution in [3.05, 3.63) is 72.5 Å². The highest BCUT2D eigenvalue weighted by Gasteiger charge is 2.52. The summed E-state index contributed by atoms with van der Waals surface area (Å²) in [7, 11) is 0.644. The number of allylic oxidation sites excluding steroid dienone is 2. The van der Waals surface area contributed by atoms with Crippen LogP contribution in [0.15, 0.2) is 61.4 Å². The minimum atomic E-state index is -0.700. The summed E-state index contributed by atoms with van der Waals surface area (Å²) in [6, 6.07) is 5.28. The van der Waals surface area contributed by atoms with Crippen molar-refractivity contribution in [3.8, 4) is 0 Å². The molecule has 1 fully saturated rings. The Morgan fingerprint density at radius 1 is 1.19 bits per heavy atom. The van der Waals surface area contributed by atoms with Gasteiger partial charge in [-0.2, -0.15) is 4.98 Å². The van der Waals surface area contributed by atoms with E-state index < -0.39 is 24.3 Å². The number of aryl methyl sites for hydroxylation is 1. The fourth-order valence-electron chi connectivity index (χ4n) is 3.69. The second kappa shape index (κ2) is 10.7. The van der Waals surface area contributed by atoms with E-state index in [1.54, 1.807) is 30.5 Å². The number of nitrogens with one attached hydrogen (secondary N) is 2. The molecule has 0 radical (unpaired) electrons. The summed E-state index contributed by atoms with van der Waals surface area (Å²) in [5.74, 6) is 0.566. The van der Waals surface area contributed by atoms with Crippen LogP contribution in [-0.4, -0.2) is 47.4 Å². The van der Waals surface area contributed by atoms with E-state index in [-0.39, 0.29) is 6.04 Å². The van der Waals surface area contributed by atoms with Crippen LogP contribution in [0.3, 0.4) is 0 Å². The van der Waals surface area contributed by atoms with Gasteiger partial charge in [-0.3, -0.25) is 0 Å². The molecule has 9 heteroatoms. The molecule has 1 saturated heterocycles. The van der Waals surface area contributed by atoms with Gasteiger partial charge < -0.3 is 24.7 Å². The quantitative estimate of drug-likeness (QED) is 0.297. The molecule has 2 aromatic rings. The fourth-order valence-corrected chi connectivity index (χ4v) is 3.69. The third-order valence-corrected chi connectivity index (χ3v) is 6.59. The Morgan fingerprint density at radius 2 is 1.86 bits per heavy atom. The highest BCUT2D eigenvalue weighted by Crippen LogP contribution is 2.37. The number of aromatic nitrogens is 2. The number of hydrogen-bond acceptors (Lipinski definition) is 8. The van der Waals surface area contributed by atoms with Crippen molar-refractivity contribution in [1.29, 1.82) is 0 Å². The number of esters is 1. The van der Waals surface area contributed by atoms with Gasteiger partial charge in [-0.1, -0.05) is 37.5 Å². The minimum Gasteiger partial charge on any atom is -0.465 e. The van der Waals surface area contributed by atoms with Crippen molar-refractivity contribution in [2.24, 2.45) is 0 Å². The van der Waals surface area contributed by atoms with Gasteiger partial charge in [0.15, 0.2) is 0 Å². The van der Waals surface area contributed by atoms with Crippen molar-refractivity contribution in [2.75, 3.05) is 17.7 Å². The van der Waals surface area contributed by atoms with Gasteiger partial charge in [-0.05, 0) is 64.7 Å². The molecule has 1 aromatic heterocycles. The average molecular weight is 490 g/mol. The standard InChI is InChI=1S/C27H35BN4O4/c1-10-12-19(11-2)18(4)30-23-17(3)16-29-25(32-23)31-20-13-14-22(21(15-20)24(33)34-9)28-35-26(5,6)27(7,8)36-28/h10-16,18H,1-2H2,3-9H3,(H2,29,30,31,32)/b19-12+. The molecule has 8 nitrogen and oxygen atoms in total. The van der Waals surface area contributed by atoms with Gasteiger partial charge in [0.2, 0.25) is 5.95 Å². The van der Waals surface area contributed by atoms with E-state index in [0.717, 1.165) is 11.1 Å². The van der Waals surface area contributed by atoms with E-state index in [2.05, 4.69) is 33.8 Å². The maximum atomic E-state index is 12.7. The van der Waals surface area contributed by atoms with Crippen LogP contribution in [0.2, 0.25) is 0 Å². The van der Waals surface area contributed by atoms with E-state index in [9.17, 15) is 4.79 Å². The molecule has 2 heterocycles. The second-order valence-corrected chi connectivity index (χ2v) is 9.70. The van der Waals surface area contributed by atoms with Crippen molar-refractivity contribution in [2.45, 2.75) is 58.8 Å². The van der Waals surface area contributed by atoms with Crippen molar-refractivity contribution in [3.63, 3.8) is 0 Å². The van der Waals surface area contributed by atoms with Crippen LogP contribution >= 0.6 is 0 Å². The minimum absolute atomic E-state index is 0.0351. The number of methoxy groups -OCH3 is 1. The zero-order valence-electron chi connectivity index (χ0n) is 22.1. The van der Waals surface area contributed by atoms with Gasteiger partial charge >= 0.3 is 13.1 Å². The van der Waals surface area contributed by atoms with Crippen molar-refractivity contribution in [1.82, 2.24) is 9.97 Å². The van der Waals surface area contributed by atoms with E-state index in [4.69, 9.17) is 14.0 Å². The van der Waals surface area contributed by atoms with E-state index in [1.165, 1.54) is 7.11 Å². The summed E-state index contributed by atoms with van der Waals surface area (Å²) in [6.07, 6.45) is 7.14. The van der Waals surface area contributed by atoms with Gasteiger partial charge in [0.05, 0.1) is 23.9 Å². The normalized spacial score (nSPS) is 17.3. The Morgan fingerprint density at radius 3 is 2.44 bits per heavy atom. The number of rotatable bonds is 9. The van der Waals surface area contributed by atoms with Gasteiger partial charge in [-0.15, -0.1) is 0 Å². The number of nitrogens with zero attached hydrogens (tertiary/aromatic N) is 2. The third kappa shape index (κ3) is 5.69. The van der Waals surface area contributed by atoms with Crippen LogP contribution < -0.4 is 16.1 Å². The molecule has 36 heavy (non-hydrogen) atoms. The number of anilines is 3. The SMILES string of the molecule is C=C/C=C(\C=C)C(C)Nc1nc(Nc2ccc(B3OC(C)(C)C(C)(C)O3)c(C(=O)OC)c2)ncc1C. The summed E-state index contributed by atoms with van der Waals surface area (Å²) in [4.78, 5) is 21.7. The first-order chi connectivity index (χ1) is 16.9. The highest BCUT2D eigenvalue weighted by molar-refractivity contribution is 6.63. The molecule has 2 N–H and O–H groups in total. The van der Waals surface area contributed by atoms with E-state index in [1.807, 2.05) is 53.7 Å². The lowest BCUT2D eigenvalue weighted by atomic mass is 9.75. The Balaban J connectivity index is 1.89. The molecule has 1 atom stereocenters. The van der Waals surface area contributed by atoms with Crippen molar-refractivity contribution >= 4 is 36.0 Å². The lowest BCUT2D eigenvalue weighted by Gasteiger charge is -2.32. The maximum Gasteiger partial charge on any atom is 0.495 e. The largest absolute Gasteiger partial charge is 0.495 e. The van der Waals surface area contributed by atoms with Crippen LogP contribution in [0.4, 0.5) is 17.5 Å². The van der Waals surface area contributed by atoms with Crippen LogP contribution in [-0.2, 0) is 14.0 Å². The number of hydrogen-bond donors (Lipinski definition) is 2. The summed E-state index contributed by atoms with van der Waals surface area (Å²) in [5.41, 5.74) is 2.36. The third-order valence-electron chi connectivity index (χ3n) is 6.59. The van der Waals surface area contributed by atoms with Crippen LogP contribution in [0, 0.1) is 6.92 Å². The first-order valence-corrected chi connectivity index (χ1v) is 11.8. The molecule has 0 saturated carbocycles. The zero-order chi connectivity index (χ0) is 26.7. The summed E-state index contributed by atoms with van der Waals surface area (Å²) in [6.45, 7) is 19.4. The monoisotopic (exact) mass is 490 g/mol. The van der Waals surface area contributed by atoms with Crippen LogP contribution in [0.1, 0.15) is 50.5 Å². The molecule has 0 spiro atoms. The van der Waals surface area contributed by atoms with Gasteiger partial charge in [0.1, 0.15) is 5.82 Å². The van der Waals surface area contributed by atoms with Crippen molar-refractivity contribution < 1.29 is 18.8 Å².